The highest BCUT2D eigenvalue weighted by Crippen LogP contribution is 2.20. The molecule has 0 aliphatic rings. The second-order valence-corrected chi connectivity index (χ2v) is 7.73. The van der Waals surface area contributed by atoms with Gasteiger partial charge in [0.2, 0.25) is 10.0 Å². The summed E-state index contributed by atoms with van der Waals surface area (Å²) in [5.74, 6) is 0. The van der Waals surface area contributed by atoms with E-state index < -0.39 is 15.6 Å². The average molecular weight is 347 g/mol. The molecule has 0 amide bonds. The van der Waals surface area contributed by atoms with Crippen molar-refractivity contribution in [1.29, 1.82) is 0 Å². The van der Waals surface area contributed by atoms with Gasteiger partial charge in [0, 0.05) is 5.39 Å². The fraction of sp³-hybridized carbons (Fsp3) is 0.0625. The van der Waals surface area contributed by atoms with Crippen LogP contribution >= 0.6 is 11.9 Å². The van der Waals surface area contributed by atoms with Gasteiger partial charge in [-0.3, -0.25) is 0 Å². The zero-order valence-electron chi connectivity index (χ0n) is 12.1. The minimum Gasteiger partial charge on any atom is -0.422 e. The Kier molecular flexibility index (Phi) is 4.25. The summed E-state index contributed by atoms with van der Waals surface area (Å²) in [6, 6.07) is 15.1. The van der Waals surface area contributed by atoms with Gasteiger partial charge >= 0.3 is 5.63 Å². The van der Waals surface area contributed by atoms with Crippen LogP contribution in [-0.2, 0) is 10.0 Å². The molecule has 1 aromatic heterocycles. The van der Waals surface area contributed by atoms with Gasteiger partial charge in [0.25, 0.3) is 0 Å². The Morgan fingerprint density at radius 1 is 1.04 bits per heavy atom. The lowest BCUT2D eigenvalue weighted by atomic mass is 10.2. The van der Waals surface area contributed by atoms with Crippen LogP contribution in [0.15, 0.2) is 73.6 Å². The summed E-state index contributed by atoms with van der Waals surface area (Å²) in [5, 5.41) is 0.726. The fourth-order valence-electron chi connectivity index (χ4n) is 1.98. The number of benzene rings is 2. The van der Waals surface area contributed by atoms with Crippen molar-refractivity contribution in [2.45, 2.75) is 16.7 Å². The topological polar surface area (TPSA) is 76.4 Å². The van der Waals surface area contributed by atoms with E-state index in [-0.39, 0.29) is 9.79 Å². The molecule has 7 heteroatoms. The van der Waals surface area contributed by atoms with Gasteiger partial charge in [-0.2, -0.15) is 0 Å². The zero-order chi connectivity index (χ0) is 16.4. The Morgan fingerprint density at radius 2 is 1.74 bits per heavy atom. The van der Waals surface area contributed by atoms with Crippen LogP contribution in [0.1, 0.15) is 5.56 Å². The SMILES string of the molecule is Cc1ccc(S(=O)(=O)NSc2cc3ccccc3oc2=O)cc1. The van der Waals surface area contributed by atoms with Crippen molar-refractivity contribution in [2.24, 2.45) is 0 Å². The first-order valence-corrected chi connectivity index (χ1v) is 9.04. The van der Waals surface area contributed by atoms with E-state index in [0.29, 0.717) is 5.58 Å². The summed E-state index contributed by atoms with van der Waals surface area (Å²) in [7, 11) is -3.71. The van der Waals surface area contributed by atoms with E-state index in [1.165, 1.54) is 12.1 Å². The molecule has 1 heterocycles. The lowest BCUT2D eigenvalue weighted by Crippen LogP contribution is -2.18. The number of para-hydroxylation sites is 1. The number of nitrogens with one attached hydrogen (secondary N) is 1. The lowest BCUT2D eigenvalue weighted by molar-refractivity contribution is 0.543. The smallest absolute Gasteiger partial charge is 0.351 e. The number of hydrogen-bond donors (Lipinski definition) is 1. The van der Waals surface area contributed by atoms with Crippen LogP contribution in [0.5, 0.6) is 0 Å². The summed E-state index contributed by atoms with van der Waals surface area (Å²) < 4.78 is 32.0. The molecule has 0 radical (unpaired) electrons. The van der Waals surface area contributed by atoms with Gasteiger partial charge in [-0.15, -0.1) is 4.13 Å². The molecule has 0 fully saturated rings. The predicted molar refractivity (Wildman–Crippen MR) is 89.8 cm³/mol. The monoisotopic (exact) mass is 347 g/mol. The first-order valence-electron chi connectivity index (χ1n) is 6.74. The van der Waals surface area contributed by atoms with Crippen LogP contribution in [0.2, 0.25) is 0 Å². The summed E-state index contributed by atoms with van der Waals surface area (Å²) in [4.78, 5) is 12.2. The first-order chi connectivity index (χ1) is 11.0. The largest absolute Gasteiger partial charge is 0.422 e. The molecular weight excluding hydrogens is 334 g/mol. The summed E-state index contributed by atoms with van der Waals surface area (Å²) >= 11 is 0.724. The predicted octanol–water partition coefficient (Wildman–Crippen LogP) is 3.09. The molecule has 2 aromatic carbocycles. The van der Waals surface area contributed by atoms with Gasteiger partial charge in [-0.1, -0.05) is 35.9 Å². The van der Waals surface area contributed by atoms with E-state index in [2.05, 4.69) is 4.13 Å². The van der Waals surface area contributed by atoms with Crippen molar-refractivity contribution in [3.63, 3.8) is 0 Å². The lowest BCUT2D eigenvalue weighted by Gasteiger charge is -2.06. The minimum absolute atomic E-state index is 0.140. The molecule has 23 heavy (non-hydrogen) atoms. The zero-order valence-corrected chi connectivity index (χ0v) is 13.8. The van der Waals surface area contributed by atoms with E-state index in [1.807, 2.05) is 13.0 Å². The fourth-order valence-corrected chi connectivity index (χ4v) is 3.97. The maximum atomic E-state index is 12.2. The van der Waals surface area contributed by atoms with E-state index in [1.54, 1.807) is 36.4 Å². The van der Waals surface area contributed by atoms with Crippen molar-refractivity contribution >= 4 is 32.9 Å². The van der Waals surface area contributed by atoms with Gasteiger partial charge in [0.05, 0.1) is 4.90 Å². The third-order valence-electron chi connectivity index (χ3n) is 3.20. The highest BCUT2D eigenvalue weighted by molar-refractivity contribution is 8.09. The van der Waals surface area contributed by atoms with Crippen LogP contribution in [-0.4, -0.2) is 8.42 Å². The number of aryl methyl sites for hydroxylation is 1. The van der Waals surface area contributed by atoms with Crippen molar-refractivity contribution in [2.75, 3.05) is 0 Å². The molecule has 3 aromatic rings. The van der Waals surface area contributed by atoms with E-state index in [9.17, 15) is 13.2 Å². The van der Waals surface area contributed by atoms with Crippen molar-refractivity contribution < 1.29 is 12.8 Å². The second kappa shape index (κ2) is 6.19. The summed E-state index contributed by atoms with van der Waals surface area (Å²) in [6.45, 7) is 1.87. The van der Waals surface area contributed by atoms with Crippen molar-refractivity contribution in [3.05, 3.63) is 70.6 Å². The average Bonchev–Trinajstić information content (AvgIpc) is 2.53. The Labute approximate surface area is 137 Å². The highest BCUT2D eigenvalue weighted by Gasteiger charge is 2.16. The normalized spacial score (nSPS) is 11.7. The molecule has 1 N–H and O–H groups in total. The molecule has 0 spiro atoms. The Hall–Kier alpha value is -2.09. The van der Waals surface area contributed by atoms with Crippen LogP contribution in [0, 0.1) is 6.92 Å². The number of sulfonamides is 1. The minimum atomic E-state index is -3.71. The van der Waals surface area contributed by atoms with Gasteiger partial charge in [-0.05, 0) is 43.1 Å². The van der Waals surface area contributed by atoms with Gasteiger partial charge in [0.15, 0.2) is 0 Å². The Morgan fingerprint density at radius 3 is 2.48 bits per heavy atom. The van der Waals surface area contributed by atoms with Gasteiger partial charge in [0.1, 0.15) is 10.5 Å². The van der Waals surface area contributed by atoms with Crippen LogP contribution < -0.4 is 9.75 Å². The van der Waals surface area contributed by atoms with E-state index >= 15 is 0 Å². The molecule has 0 saturated heterocycles. The van der Waals surface area contributed by atoms with Crippen LogP contribution in [0.3, 0.4) is 0 Å². The van der Waals surface area contributed by atoms with Crippen molar-refractivity contribution in [1.82, 2.24) is 4.13 Å². The first kappa shape index (κ1) is 15.8. The number of hydrogen-bond acceptors (Lipinski definition) is 5. The van der Waals surface area contributed by atoms with Crippen LogP contribution in [0.4, 0.5) is 0 Å². The second-order valence-electron chi connectivity index (χ2n) is 4.94. The molecule has 0 saturated carbocycles. The maximum absolute atomic E-state index is 12.2. The summed E-state index contributed by atoms with van der Waals surface area (Å²) in [6.07, 6.45) is 0. The molecule has 0 atom stereocenters. The molecule has 5 nitrogen and oxygen atoms in total. The number of fused-ring (bicyclic) bond motifs is 1. The number of rotatable bonds is 4. The van der Waals surface area contributed by atoms with E-state index in [4.69, 9.17) is 4.42 Å². The third kappa shape index (κ3) is 3.47. The summed E-state index contributed by atoms with van der Waals surface area (Å²) in [5.41, 5.74) is 0.843. The third-order valence-corrected chi connectivity index (χ3v) is 5.81. The highest BCUT2D eigenvalue weighted by atomic mass is 32.3. The van der Waals surface area contributed by atoms with E-state index in [0.717, 1.165) is 22.9 Å². The molecular formula is C16H13NO4S2. The Bertz CT molecular complexity index is 1010. The van der Waals surface area contributed by atoms with Gasteiger partial charge < -0.3 is 4.42 Å². The van der Waals surface area contributed by atoms with Crippen molar-refractivity contribution in [3.8, 4) is 0 Å². The standard InChI is InChI=1S/C16H13NO4S2/c1-11-6-8-13(9-7-11)23(19,20)17-22-15-10-12-4-2-3-5-14(12)21-16(15)18/h2-10,17H,1H3. The van der Waals surface area contributed by atoms with Crippen LogP contribution in [0.25, 0.3) is 11.0 Å². The van der Waals surface area contributed by atoms with Gasteiger partial charge in [-0.25, -0.2) is 13.2 Å². The Balaban J connectivity index is 1.86. The molecule has 0 aliphatic heterocycles. The molecule has 0 bridgehead atoms. The molecule has 118 valence electrons. The molecule has 3 rings (SSSR count). The quantitative estimate of drug-likeness (QED) is 0.580. The molecule has 0 aliphatic carbocycles. The maximum Gasteiger partial charge on any atom is 0.351 e. The molecule has 0 unspecified atom stereocenters.